The number of fused-ring (bicyclic) bond motifs is 1. The van der Waals surface area contributed by atoms with Crippen molar-refractivity contribution < 1.29 is 9.90 Å². The number of carbonyl (C=O) groups is 1. The number of aryl methyl sites for hydroxylation is 1. The van der Waals surface area contributed by atoms with Gasteiger partial charge in [-0.05, 0) is 25.0 Å². The minimum Gasteiger partial charge on any atom is -0.465 e. The highest BCUT2D eigenvalue weighted by Gasteiger charge is 2.24. The molecule has 23 heavy (non-hydrogen) atoms. The maximum atomic E-state index is 11.2. The number of hydrogen-bond donors (Lipinski definition) is 1. The topological polar surface area (TPSA) is 58.4 Å². The molecular formula is C17H20ClN3O2. The third-order valence-electron chi connectivity index (χ3n) is 4.21. The Bertz CT molecular complexity index is 709. The molecule has 0 radical (unpaired) electrons. The van der Waals surface area contributed by atoms with E-state index in [-0.39, 0.29) is 0 Å². The number of carboxylic acid groups (broad SMARTS) is 1. The van der Waals surface area contributed by atoms with Gasteiger partial charge in [-0.2, -0.15) is 5.10 Å². The molecule has 0 atom stereocenters. The molecule has 0 unspecified atom stereocenters. The first kappa shape index (κ1) is 15.9. The van der Waals surface area contributed by atoms with Crippen LogP contribution < -0.4 is 0 Å². The average molecular weight is 334 g/mol. The van der Waals surface area contributed by atoms with E-state index in [2.05, 4.69) is 11.6 Å². The average Bonchev–Trinajstić information content (AvgIpc) is 2.73. The van der Waals surface area contributed by atoms with Crippen molar-refractivity contribution in [3.8, 4) is 11.3 Å². The van der Waals surface area contributed by atoms with Crippen LogP contribution in [-0.2, 0) is 19.4 Å². The molecule has 1 aliphatic rings. The summed E-state index contributed by atoms with van der Waals surface area (Å²) in [6, 6.07) is 7.77. The fourth-order valence-electron chi connectivity index (χ4n) is 3.11. The van der Waals surface area contributed by atoms with Crippen molar-refractivity contribution in [3.63, 3.8) is 0 Å². The maximum Gasteiger partial charge on any atom is 0.407 e. The molecule has 1 aromatic heterocycles. The van der Waals surface area contributed by atoms with E-state index in [1.54, 1.807) is 0 Å². The summed E-state index contributed by atoms with van der Waals surface area (Å²) in [7, 11) is 0. The molecule has 5 nitrogen and oxygen atoms in total. The lowest BCUT2D eigenvalue weighted by Crippen LogP contribution is -2.31. The van der Waals surface area contributed by atoms with E-state index in [1.807, 2.05) is 24.3 Å². The molecule has 122 valence electrons. The molecule has 0 bridgehead atoms. The molecule has 1 N–H and O–H groups in total. The molecule has 0 saturated heterocycles. The van der Waals surface area contributed by atoms with Crippen molar-refractivity contribution >= 4 is 17.7 Å². The number of hydrogen-bond acceptors (Lipinski definition) is 2. The largest absolute Gasteiger partial charge is 0.465 e. The maximum absolute atomic E-state index is 11.2. The Kier molecular flexibility index (Phi) is 4.57. The number of benzene rings is 1. The Hall–Kier alpha value is -2.01. The minimum atomic E-state index is -0.857. The zero-order valence-corrected chi connectivity index (χ0v) is 13.9. The summed E-state index contributed by atoms with van der Waals surface area (Å²) in [6.45, 7) is 4.00. The Balaban J connectivity index is 2.02. The number of nitrogens with zero attached hydrogens (tertiary/aromatic N) is 3. The summed E-state index contributed by atoms with van der Waals surface area (Å²) in [5.74, 6) is 0. The van der Waals surface area contributed by atoms with Gasteiger partial charge in [0.1, 0.15) is 0 Å². The van der Waals surface area contributed by atoms with Gasteiger partial charge in [-0.25, -0.2) is 4.79 Å². The van der Waals surface area contributed by atoms with Crippen LogP contribution in [0.25, 0.3) is 11.3 Å². The second-order valence-corrected chi connectivity index (χ2v) is 6.21. The van der Waals surface area contributed by atoms with Crippen LogP contribution in [0.2, 0.25) is 5.02 Å². The lowest BCUT2D eigenvalue weighted by molar-refractivity contribution is 0.147. The van der Waals surface area contributed by atoms with Crippen LogP contribution in [0.3, 0.4) is 0 Å². The third-order valence-corrected chi connectivity index (χ3v) is 4.46. The molecular weight excluding hydrogens is 314 g/mol. The Morgan fingerprint density at radius 1 is 1.26 bits per heavy atom. The zero-order valence-electron chi connectivity index (χ0n) is 13.1. The lowest BCUT2D eigenvalue weighted by Gasteiger charge is -2.16. The SMILES string of the molecule is CCCn1nc2c(c1-c1ccc(Cl)cc1)CCN(C(=O)O)CC2. The van der Waals surface area contributed by atoms with Crippen LogP contribution in [-0.4, -0.2) is 39.0 Å². The van der Waals surface area contributed by atoms with Crippen molar-refractivity contribution in [2.24, 2.45) is 0 Å². The van der Waals surface area contributed by atoms with Crippen molar-refractivity contribution in [1.29, 1.82) is 0 Å². The Morgan fingerprint density at radius 3 is 2.61 bits per heavy atom. The highest BCUT2D eigenvalue weighted by Crippen LogP contribution is 2.30. The smallest absolute Gasteiger partial charge is 0.407 e. The molecule has 0 aliphatic carbocycles. The van der Waals surface area contributed by atoms with Gasteiger partial charge in [0.15, 0.2) is 0 Å². The van der Waals surface area contributed by atoms with Crippen molar-refractivity contribution in [3.05, 3.63) is 40.5 Å². The summed E-state index contributed by atoms with van der Waals surface area (Å²) in [6.07, 6.45) is 1.51. The van der Waals surface area contributed by atoms with Gasteiger partial charge in [-0.3, -0.25) is 4.68 Å². The summed E-state index contributed by atoms with van der Waals surface area (Å²) < 4.78 is 2.06. The van der Waals surface area contributed by atoms with E-state index in [1.165, 1.54) is 10.5 Å². The van der Waals surface area contributed by atoms with Crippen molar-refractivity contribution in [2.45, 2.75) is 32.7 Å². The van der Waals surface area contributed by atoms with Gasteiger partial charge < -0.3 is 10.0 Å². The predicted octanol–water partition coefficient (Wildman–Crippen LogP) is 3.69. The van der Waals surface area contributed by atoms with E-state index in [4.69, 9.17) is 16.7 Å². The van der Waals surface area contributed by atoms with Crippen LogP contribution in [0.15, 0.2) is 24.3 Å². The molecule has 1 aliphatic heterocycles. The molecule has 3 rings (SSSR count). The van der Waals surface area contributed by atoms with E-state index in [9.17, 15) is 9.90 Å². The second-order valence-electron chi connectivity index (χ2n) is 5.77. The van der Waals surface area contributed by atoms with Gasteiger partial charge in [0.05, 0.1) is 11.4 Å². The van der Waals surface area contributed by atoms with Crippen LogP contribution >= 0.6 is 11.6 Å². The molecule has 1 amide bonds. The quantitative estimate of drug-likeness (QED) is 0.931. The first-order valence-electron chi connectivity index (χ1n) is 7.92. The standard InChI is InChI=1S/C17H20ClN3O2/c1-2-9-21-16(12-3-5-13(18)6-4-12)14-7-10-20(17(22)23)11-8-15(14)19-21/h3-6H,2,7-11H2,1H3,(H,22,23). The molecule has 2 heterocycles. The number of aromatic nitrogens is 2. The normalized spacial score (nSPS) is 14.4. The highest BCUT2D eigenvalue weighted by molar-refractivity contribution is 6.30. The minimum absolute atomic E-state index is 0.505. The fourth-order valence-corrected chi connectivity index (χ4v) is 3.23. The number of amides is 1. The Morgan fingerprint density at radius 2 is 1.96 bits per heavy atom. The van der Waals surface area contributed by atoms with Gasteiger partial charge in [-0.1, -0.05) is 30.7 Å². The van der Waals surface area contributed by atoms with Crippen molar-refractivity contribution in [2.75, 3.05) is 13.1 Å². The lowest BCUT2D eigenvalue weighted by atomic mass is 10.0. The van der Waals surface area contributed by atoms with Gasteiger partial charge in [0.2, 0.25) is 0 Å². The van der Waals surface area contributed by atoms with Gasteiger partial charge >= 0.3 is 6.09 Å². The predicted molar refractivity (Wildman–Crippen MR) is 90.0 cm³/mol. The van der Waals surface area contributed by atoms with E-state index >= 15 is 0 Å². The zero-order chi connectivity index (χ0) is 16.4. The highest BCUT2D eigenvalue weighted by atomic mass is 35.5. The van der Waals surface area contributed by atoms with Gasteiger partial charge in [-0.15, -0.1) is 0 Å². The summed E-state index contributed by atoms with van der Waals surface area (Å²) in [4.78, 5) is 12.7. The summed E-state index contributed by atoms with van der Waals surface area (Å²) >= 11 is 6.00. The van der Waals surface area contributed by atoms with Gasteiger partial charge in [0, 0.05) is 42.2 Å². The molecule has 0 saturated carbocycles. The van der Waals surface area contributed by atoms with Crippen LogP contribution in [0.1, 0.15) is 24.6 Å². The first-order chi connectivity index (χ1) is 11.1. The number of rotatable bonds is 3. The van der Waals surface area contributed by atoms with Crippen molar-refractivity contribution in [1.82, 2.24) is 14.7 Å². The molecule has 2 aromatic rings. The fraction of sp³-hybridized carbons (Fsp3) is 0.412. The van der Waals surface area contributed by atoms with E-state index < -0.39 is 6.09 Å². The molecule has 0 fully saturated rings. The summed E-state index contributed by atoms with van der Waals surface area (Å²) in [5, 5.41) is 14.7. The number of halogens is 1. The third kappa shape index (κ3) is 3.20. The molecule has 1 aromatic carbocycles. The van der Waals surface area contributed by atoms with E-state index in [0.29, 0.717) is 31.0 Å². The molecule has 0 spiro atoms. The van der Waals surface area contributed by atoms with Crippen LogP contribution in [0.4, 0.5) is 4.79 Å². The molecule has 6 heteroatoms. The summed E-state index contributed by atoms with van der Waals surface area (Å²) in [5.41, 5.74) is 4.38. The first-order valence-corrected chi connectivity index (χ1v) is 8.30. The monoisotopic (exact) mass is 333 g/mol. The van der Waals surface area contributed by atoms with E-state index in [0.717, 1.165) is 29.9 Å². The van der Waals surface area contributed by atoms with Crippen LogP contribution in [0.5, 0.6) is 0 Å². The van der Waals surface area contributed by atoms with Gasteiger partial charge in [0.25, 0.3) is 0 Å². The van der Waals surface area contributed by atoms with Crippen LogP contribution in [0, 0.1) is 0 Å². The Labute approximate surface area is 140 Å². The second kappa shape index (κ2) is 6.62.